The highest BCUT2D eigenvalue weighted by molar-refractivity contribution is 9.09. The Morgan fingerprint density at radius 2 is 1.61 bits per heavy atom. The third-order valence-electron chi connectivity index (χ3n) is 3.28. The van der Waals surface area contributed by atoms with E-state index in [1.54, 1.807) is 7.11 Å². The Hall–Kier alpha value is 0.320. The van der Waals surface area contributed by atoms with Crippen LogP contribution in [0.3, 0.4) is 0 Å². The highest BCUT2D eigenvalue weighted by Crippen LogP contribution is 2.18. The van der Waals surface area contributed by atoms with Crippen molar-refractivity contribution in [1.82, 2.24) is 4.90 Å². The molecule has 1 rings (SSSR count). The van der Waals surface area contributed by atoms with Crippen molar-refractivity contribution < 1.29 is 14.2 Å². The standard InChI is InChI=1S/C13H26BrNO3/c1-16-8-9-18-11-10-17-7-6-15-4-2-13(12-14)3-5-15/h13H,2-12H2,1H3. The molecular weight excluding hydrogens is 298 g/mol. The van der Waals surface area contributed by atoms with Crippen LogP contribution in [0.2, 0.25) is 0 Å². The first-order valence-electron chi connectivity index (χ1n) is 6.79. The first kappa shape index (κ1) is 16.4. The van der Waals surface area contributed by atoms with Crippen LogP contribution in [0.25, 0.3) is 0 Å². The van der Waals surface area contributed by atoms with Gasteiger partial charge in [0.25, 0.3) is 0 Å². The van der Waals surface area contributed by atoms with Gasteiger partial charge in [0.1, 0.15) is 0 Å². The molecule has 0 saturated carbocycles. The lowest BCUT2D eigenvalue weighted by Crippen LogP contribution is -2.36. The Labute approximate surface area is 119 Å². The fourth-order valence-electron chi connectivity index (χ4n) is 2.02. The van der Waals surface area contributed by atoms with Crippen molar-refractivity contribution in [3.05, 3.63) is 0 Å². The molecule has 108 valence electrons. The first-order valence-corrected chi connectivity index (χ1v) is 7.91. The van der Waals surface area contributed by atoms with Crippen LogP contribution in [0.1, 0.15) is 12.8 Å². The summed E-state index contributed by atoms with van der Waals surface area (Å²) >= 11 is 3.56. The zero-order valence-corrected chi connectivity index (χ0v) is 13.0. The van der Waals surface area contributed by atoms with Crippen molar-refractivity contribution >= 4 is 15.9 Å². The molecule has 0 aromatic heterocycles. The van der Waals surface area contributed by atoms with E-state index >= 15 is 0 Å². The monoisotopic (exact) mass is 323 g/mol. The number of rotatable bonds is 10. The normalized spacial score (nSPS) is 18.3. The summed E-state index contributed by atoms with van der Waals surface area (Å²) in [6.07, 6.45) is 2.62. The second kappa shape index (κ2) is 11.2. The molecule has 0 aromatic carbocycles. The molecule has 0 aromatic rings. The molecule has 1 fully saturated rings. The van der Waals surface area contributed by atoms with Crippen LogP contribution >= 0.6 is 15.9 Å². The molecule has 1 saturated heterocycles. The molecule has 0 spiro atoms. The van der Waals surface area contributed by atoms with Gasteiger partial charge in [0, 0.05) is 19.0 Å². The quantitative estimate of drug-likeness (QED) is 0.453. The number of hydrogen-bond donors (Lipinski definition) is 0. The van der Waals surface area contributed by atoms with E-state index in [0.29, 0.717) is 26.4 Å². The smallest absolute Gasteiger partial charge is 0.0701 e. The van der Waals surface area contributed by atoms with Crippen molar-refractivity contribution in [3.8, 4) is 0 Å². The van der Waals surface area contributed by atoms with Gasteiger partial charge < -0.3 is 19.1 Å². The third kappa shape index (κ3) is 7.69. The van der Waals surface area contributed by atoms with E-state index in [-0.39, 0.29) is 0 Å². The van der Waals surface area contributed by atoms with Crippen molar-refractivity contribution in [2.75, 3.05) is 65.1 Å². The van der Waals surface area contributed by atoms with Gasteiger partial charge in [-0.2, -0.15) is 0 Å². The minimum Gasteiger partial charge on any atom is -0.382 e. The van der Waals surface area contributed by atoms with Gasteiger partial charge in [0.05, 0.1) is 33.0 Å². The summed E-state index contributed by atoms with van der Waals surface area (Å²) in [5.74, 6) is 0.872. The summed E-state index contributed by atoms with van der Waals surface area (Å²) in [5, 5.41) is 1.15. The summed E-state index contributed by atoms with van der Waals surface area (Å²) in [6, 6.07) is 0. The molecule has 0 aliphatic carbocycles. The van der Waals surface area contributed by atoms with Gasteiger partial charge in [0.15, 0.2) is 0 Å². The molecule has 0 unspecified atom stereocenters. The number of alkyl halides is 1. The number of nitrogens with zero attached hydrogens (tertiary/aromatic N) is 1. The fraction of sp³-hybridized carbons (Fsp3) is 1.00. The lowest BCUT2D eigenvalue weighted by atomic mass is 9.99. The van der Waals surface area contributed by atoms with E-state index in [2.05, 4.69) is 20.8 Å². The summed E-state index contributed by atoms with van der Waals surface area (Å²) in [5.41, 5.74) is 0. The van der Waals surface area contributed by atoms with Crippen LogP contribution in [0, 0.1) is 5.92 Å². The van der Waals surface area contributed by atoms with Gasteiger partial charge in [-0.25, -0.2) is 0 Å². The van der Waals surface area contributed by atoms with Crippen LogP contribution in [-0.2, 0) is 14.2 Å². The maximum atomic E-state index is 5.55. The number of halogens is 1. The second-order valence-corrected chi connectivity index (χ2v) is 5.30. The number of likely N-dealkylation sites (tertiary alicyclic amines) is 1. The van der Waals surface area contributed by atoms with Gasteiger partial charge in [0.2, 0.25) is 0 Å². The van der Waals surface area contributed by atoms with E-state index in [0.717, 1.165) is 24.4 Å². The van der Waals surface area contributed by atoms with E-state index < -0.39 is 0 Å². The fourth-order valence-corrected chi connectivity index (χ4v) is 2.67. The van der Waals surface area contributed by atoms with E-state index in [9.17, 15) is 0 Å². The van der Waals surface area contributed by atoms with E-state index in [1.165, 1.54) is 25.9 Å². The molecule has 0 radical (unpaired) electrons. The highest BCUT2D eigenvalue weighted by atomic mass is 79.9. The largest absolute Gasteiger partial charge is 0.382 e. The number of ether oxygens (including phenoxy) is 3. The van der Waals surface area contributed by atoms with Crippen LogP contribution in [0.5, 0.6) is 0 Å². The molecule has 0 N–H and O–H groups in total. The van der Waals surface area contributed by atoms with Gasteiger partial charge in [-0.05, 0) is 31.8 Å². The number of hydrogen-bond acceptors (Lipinski definition) is 4. The van der Waals surface area contributed by atoms with Crippen LogP contribution in [0.15, 0.2) is 0 Å². The Balaban J connectivity index is 1.84. The summed E-state index contributed by atoms with van der Waals surface area (Å²) in [4.78, 5) is 2.49. The Kier molecular flexibility index (Phi) is 10.2. The molecular formula is C13H26BrNO3. The lowest BCUT2D eigenvalue weighted by molar-refractivity contribution is 0.0176. The molecule has 0 atom stereocenters. The molecule has 4 nitrogen and oxygen atoms in total. The van der Waals surface area contributed by atoms with Gasteiger partial charge >= 0.3 is 0 Å². The van der Waals surface area contributed by atoms with Crippen LogP contribution in [-0.4, -0.2) is 70.0 Å². The van der Waals surface area contributed by atoms with Gasteiger partial charge in [-0.15, -0.1) is 0 Å². The summed E-state index contributed by atoms with van der Waals surface area (Å²) < 4.78 is 15.8. The van der Waals surface area contributed by atoms with Gasteiger partial charge in [-0.3, -0.25) is 0 Å². The molecule has 1 aliphatic rings. The summed E-state index contributed by atoms with van der Waals surface area (Å²) in [6.45, 7) is 6.94. The number of methoxy groups -OCH3 is 1. The van der Waals surface area contributed by atoms with Crippen molar-refractivity contribution in [3.63, 3.8) is 0 Å². The number of piperidine rings is 1. The van der Waals surface area contributed by atoms with E-state index in [1.807, 2.05) is 0 Å². The molecule has 18 heavy (non-hydrogen) atoms. The topological polar surface area (TPSA) is 30.9 Å². The minimum absolute atomic E-state index is 0.653. The predicted octanol–water partition coefficient (Wildman–Crippen LogP) is 1.77. The maximum absolute atomic E-state index is 5.55. The molecule has 0 amide bonds. The van der Waals surface area contributed by atoms with Crippen molar-refractivity contribution in [2.45, 2.75) is 12.8 Å². The average Bonchev–Trinajstić information content (AvgIpc) is 2.42. The summed E-state index contributed by atoms with van der Waals surface area (Å²) in [7, 11) is 1.68. The maximum Gasteiger partial charge on any atom is 0.0701 e. The van der Waals surface area contributed by atoms with Crippen molar-refractivity contribution in [1.29, 1.82) is 0 Å². The highest BCUT2D eigenvalue weighted by Gasteiger charge is 2.17. The van der Waals surface area contributed by atoms with Crippen LogP contribution < -0.4 is 0 Å². The average molecular weight is 324 g/mol. The Morgan fingerprint density at radius 1 is 1.00 bits per heavy atom. The molecule has 1 aliphatic heterocycles. The van der Waals surface area contributed by atoms with Gasteiger partial charge in [-0.1, -0.05) is 15.9 Å². The molecule has 5 heteroatoms. The van der Waals surface area contributed by atoms with Crippen molar-refractivity contribution in [2.24, 2.45) is 5.92 Å². The first-order chi connectivity index (χ1) is 8.86. The Morgan fingerprint density at radius 3 is 2.22 bits per heavy atom. The second-order valence-electron chi connectivity index (χ2n) is 4.66. The molecule has 0 bridgehead atoms. The lowest BCUT2D eigenvalue weighted by Gasteiger charge is -2.30. The molecule has 1 heterocycles. The zero-order chi connectivity index (χ0) is 13.1. The third-order valence-corrected chi connectivity index (χ3v) is 4.20. The Bertz CT molecular complexity index is 187. The van der Waals surface area contributed by atoms with E-state index in [4.69, 9.17) is 14.2 Å². The zero-order valence-electron chi connectivity index (χ0n) is 11.4. The van der Waals surface area contributed by atoms with Crippen LogP contribution in [0.4, 0.5) is 0 Å². The SMILES string of the molecule is COCCOCCOCCN1CCC(CBr)CC1. The minimum atomic E-state index is 0.653. The predicted molar refractivity (Wildman–Crippen MR) is 76.5 cm³/mol.